The second-order valence-corrected chi connectivity index (χ2v) is 6.02. The molecular weight excluding hydrogens is 348 g/mol. The minimum absolute atomic E-state index is 0. The molecular formula is C19H30N4O4. The maximum atomic E-state index is 4.41. The lowest BCUT2D eigenvalue weighted by molar-refractivity contribution is 0.505. The number of pyridine rings is 1. The molecule has 0 spiro atoms. The van der Waals surface area contributed by atoms with Gasteiger partial charge in [-0.2, -0.15) is 0 Å². The Labute approximate surface area is 159 Å². The predicted octanol–water partition coefficient (Wildman–Crippen LogP) is -0.123. The van der Waals surface area contributed by atoms with Crippen LogP contribution >= 0.6 is 0 Å². The number of fused-ring (bicyclic) bond motifs is 2. The fraction of sp³-hybridized carbons (Fsp3) is 0.421. The third-order valence-electron chi connectivity index (χ3n) is 4.63. The third-order valence-corrected chi connectivity index (χ3v) is 4.63. The van der Waals surface area contributed by atoms with Crippen LogP contribution in [0.2, 0.25) is 0 Å². The highest BCUT2D eigenvalue weighted by atomic mass is 16.0. The summed E-state index contributed by atoms with van der Waals surface area (Å²) in [4.78, 5) is 12.6. The summed E-state index contributed by atoms with van der Waals surface area (Å²) in [7, 11) is 0. The zero-order valence-electron chi connectivity index (χ0n) is 15.7. The zero-order valence-corrected chi connectivity index (χ0v) is 15.7. The first kappa shape index (κ1) is 26.8. The molecule has 0 radical (unpaired) electrons. The topological polar surface area (TPSA) is 177 Å². The van der Waals surface area contributed by atoms with Crippen LogP contribution < -0.4 is 5.32 Å². The van der Waals surface area contributed by atoms with Gasteiger partial charge >= 0.3 is 0 Å². The average molecular weight is 378 g/mol. The molecule has 0 aromatic carbocycles. The van der Waals surface area contributed by atoms with Crippen LogP contribution in [0.15, 0.2) is 37.2 Å². The second kappa shape index (κ2) is 12.9. The number of rotatable bonds is 2. The zero-order chi connectivity index (χ0) is 16.1. The molecule has 150 valence electrons. The highest BCUT2D eigenvalue weighted by Crippen LogP contribution is 2.40. The SMILES string of the molecule is CC#CC.O.O.O.O.c1ncc(-c2cncc(C3CC4CCC3N4)c2)cn1. The monoisotopic (exact) mass is 378 g/mol. The highest BCUT2D eigenvalue weighted by molar-refractivity contribution is 5.61. The molecule has 2 aliphatic rings. The summed E-state index contributed by atoms with van der Waals surface area (Å²) in [5.74, 6) is 5.98. The fourth-order valence-electron chi connectivity index (χ4n) is 3.46. The Morgan fingerprint density at radius 1 is 0.852 bits per heavy atom. The Bertz CT molecular complexity index is 712. The molecule has 4 heterocycles. The number of hydrogen-bond donors (Lipinski definition) is 1. The van der Waals surface area contributed by atoms with Gasteiger partial charge in [0.15, 0.2) is 0 Å². The van der Waals surface area contributed by atoms with E-state index in [1.165, 1.54) is 24.8 Å². The van der Waals surface area contributed by atoms with Crippen molar-refractivity contribution in [1.82, 2.24) is 20.3 Å². The van der Waals surface area contributed by atoms with Gasteiger partial charge in [0.25, 0.3) is 0 Å². The van der Waals surface area contributed by atoms with E-state index in [9.17, 15) is 0 Å². The van der Waals surface area contributed by atoms with Crippen LogP contribution in [0.25, 0.3) is 11.1 Å². The largest absolute Gasteiger partial charge is 0.412 e. The number of aromatic nitrogens is 3. The summed E-state index contributed by atoms with van der Waals surface area (Å²) in [6.07, 6.45) is 13.0. The number of hydrogen-bond acceptors (Lipinski definition) is 4. The van der Waals surface area contributed by atoms with Crippen molar-refractivity contribution in [2.45, 2.75) is 51.1 Å². The molecule has 2 fully saturated rings. The smallest absolute Gasteiger partial charge is 0.115 e. The van der Waals surface area contributed by atoms with Crippen molar-refractivity contribution in [3.8, 4) is 23.0 Å². The third kappa shape index (κ3) is 6.36. The fourth-order valence-corrected chi connectivity index (χ4v) is 3.46. The molecule has 4 rings (SSSR count). The summed E-state index contributed by atoms with van der Waals surface area (Å²) < 4.78 is 0. The van der Waals surface area contributed by atoms with Gasteiger partial charge in [-0.25, -0.2) is 9.97 Å². The number of nitrogens with one attached hydrogen (secondary N) is 1. The normalized spacial score (nSPS) is 20.7. The molecule has 2 bridgehead atoms. The van der Waals surface area contributed by atoms with Crippen molar-refractivity contribution in [2.24, 2.45) is 0 Å². The molecule has 0 aliphatic carbocycles. The van der Waals surface area contributed by atoms with E-state index in [2.05, 4.69) is 38.2 Å². The van der Waals surface area contributed by atoms with Crippen molar-refractivity contribution in [3.05, 3.63) is 42.7 Å². The Morgan fingerprint density at radius 2 is 1.48 bits per heavy atom. The summed E-state index contributed by atoms with van der Waals surface area (Å²) in [6.45, 7) is 3.64. The molecule has 2 aliphatic heterocycles. The summed E-state index contributed by atoms with van der Waals surface area (Å²) >= 11 is 0. The first-order valence-electron chi connectivity index (χ1n) is 8.11. The van der Waals surface area contributed by atoms with Gasteiger partial charge in [-0.05, 0) is 44.7 Å². The molecule has 27 heavy (non-hydrogen) atoms. The van der Waals surface area contributed by atoms with E-state index in [0.29, 0.717) is 12.0 Å². The van der Waals surface area contributed by atoms with Gasteiger partial charge in [-0.1, -0.05) is 0 Å². The standard InChI is InChI=1S/C15H16N4.C4H6.4H2O/c1-2-15-14(4-13(1)19-15)11-3-10(5-16-6-11)12-7-17-9-18-8-12;1-3-4-2;;;;/h3,5-9,13-15,19H,1-2,4H2;1-2H3;4*1H2. The highest BCUT2D eigenvalue weighted by Gasteiger charge is 2.39. The molecule has 0 amide bonds. The van der Waals surface area contributed by atoms with Gasteiger partial charge in [0.05, 0.1) is 0 Å². The maximum absolute atomic E-state index is 4.41. The summed E-state index contributed by atoms with van der Waals surface area (Å²) in [5, 5.41) is 3.68. The Balaban J connectivity index is 0. The molecule has 2 aromatic heterocycles. The van der Waals surface area contributed by atoms with Gasteiger partial charge in [0.2, 0.25) is 0 Å². The molecule has 3 unspecified atom stereocenters. The van der Waals surface area contributed by atoms with Crippen LogP contribution in [0, 0.1) is 11.8 Å². The minimum atomic E-state index is 0. The van der Waals surface area contributed by atoms with Gasteiger partial charge < -0.3 is 27.2 Å². The van der Waals surface area contributed by atoms with E-state index < -0.39 is 0 Å². The Kier molecular flexibility index (Phi) is 12.8. The van der Waals surface area contributed by atoms with E-state index in [-0.39, 0.29) is 21.9 Å². The lowest BCUT2D eigenvalue weighted by Gasteiger charge is -2.20. The number of nitrogens with zero attached hydrogens (tertiary/aromatic N) is 3. The van der Waals surface area contributed by atoms with E-state index in [0.717, 1.165) is 17.2 Å². The van der Waals surface area contributed by atoms with Crippen molar-refractivity contribution < 1.29 is 21.9 Å². The van der Waals surface area contributed by atoms with Crippen LogP contribution in [0.3, 0.4) is 0 Å². The van der Waals surface area contributed by atoms with Gasteiger partial charge in [-0.15, -0.1) is 11.8 Å². The van der Waals surface area contributed by atoms with E-state index >= 15 is 0 Å². The van der Waals surface area contributed by atoms with Crippen molar-refractivity contribution >= 4 is 0 Å². The minimum Gasteiger partial charge on any atom is -0.412 e. The molecule has 2 aromatic rings. The van der Waals surface area contributed by atoms with Crippen LogP contribution in [0.4, 0.5) is 0 Å². The second-order valence-electron chi connectivity index (χ2n) is 6.02. The first-order chi connectivity index (χ1) is 11.3. The van der Waals surface area contributed by atoms with Crippen LogP contribution in [-0.2, 0) is 0 Å². The van der Waals surface area contributed by atoms with Crippen molar-refractivity contribution in [2.75, 3.05) is 0 Å². The molecule has 9 N–H and O–H groups in total. The first-order valence-corrected chi connectivity index (χ1v) is 8.11. The average Bonchev–Trinajstić information content (AvgIpc) is 3.26. The molecule has 2 saturated heterocycles. The van der Waals surface area contributed by atoms with Crippen LogP contribution in [0.1, 0.15) is 44.6 Å². The van der Waals surface area contributed by atoms with E-state index in [1.54, 1.807) is 6.33 Å². The lowest BCUT2D eigenvalue weighted by atomic mass is 9.84. The molecule has 0 saturated carbocycles. The van der Waals surface area contributed by atoms with E-state index in [1.807, 2.05) is 38.6 Å². The van der Waals surface area contributed by atoms with Gasteiger partial charge in [-0.3, -0.25) is 4.98 Å². The van der Waals surface area contributed by atoms with Gasteiger partial charge in [0, 0.05) is 53.9 Å². The van der Waals surface area contributed by atoms with Crippen LogP contribution in [0.5, 0.6) is 0 Å². The van der Waals surface area contributed by atoms with E-state index in [4.69, 9.17) is 0 Å². The van der Waals surface area contributed by atoms with Crippen molar-refractivity contribution in [3.63, 3.8) is 0 Å². The van der Waals surface area contributed by atoms with Crippen molar-refractivity contribution in [1.29, 1.82) is 0 Å². The molecule has 8 heteroatoms. The quantitative estimate of drug-likeness (QED) is 0.716. The lowest BCUT2D eigenvalue weighted by Crippen LogP contribution is -2.21. The van der Waals surface area contributed by atoms with Gasteiger partial charge in [0.1, 0.15) is 6.33 Å². The maximum Gasteiger partial charge on any atom is 0.115 e. The Hall–Kier alpha value is -2.41. The molecule has 3 atom stereocenters. The van der Waals surface area contributed by atoms with Crippen LogP contribution in [-0.4, -0.2) is 48.9 Å². The summed E-state index contributed by atoms with van der Waals surface area (Å²) in [5.41, 5.74) is 3.50. The Morgan fingerprint density at radius 3 is 2.00 bits per heavy atom. The predicted molar refractivity (Wildman–Crippen MR) is 106 cm³/mol. The molecule has 8 nitrogen and oxygen atoms in total. The summed E-state index contributed by atoms with van der Waals surface area (Å²) in [6, 6.07) is 3.62.